The molecular weight excluding hydrogens is 284 g/mol. The highest BCUT2D eigenvalue weighted by atomic mass is 32.2. The summed E-state index contributed by atoms with van der Waals surface area (Å²) in [4.78, 5) is 14.1. The molecule has 2 fully saturated rings. The largest absolute Gasteiger partial charge is 0.366 e. The predicted octanol–water partition coefficient (Wildman–Crippen LogP) is -1.99. The van der Waals surface area contributed by atoms with Gasteiger partial charge in [0.05, 0.1) is 6.61 Å². The molecule has 2 saturated heterocycles. The molecule has 0 radical (unpaired) electrons. The van der Waals surface area contributed by atoms with Crippen LogP contribution in [-0.4, -0.2) is 64.7 Å². The second kappa shape index (κ2) is 6.81. The molecule has 4 N–H and O–H groups in total. The molecule has 2 rings (SSSR count). The van der Waals surface area contributed by atoms with E-state index in [1.807, 2.05) is 0 Å². The van der Waals surface area contributed by atoms with Gasteiger partial charge in [-0.25, -0.2) is 9.86 Å². The van der Waals surface area contributed by atoms with Crippen molar-refractivity contribution in [1.82, 2.24) is 14.9 Å². The van der Waals surface area contributed by atoms with Crippen LogP contribution in [0.2, 0.25) is 0 Å². The van der Waals surface area contributed by atoms with Gasteiger partial charge in [-0.2, -0.15) is 8.42 Å². The Bertz CT molecular complexity index is 436. The molecular formula is C11H22N4O4S. The van der Waals surface area contributed by atoms with E-state index in [1.54, 1.807) is 4.90 Å². The number of nitrogens with two attached hydrogens (primary N) is 1. The summed E-state index contributed by atoms with van der Waals surface area (Å²) in [5.74, 6) is 0.0834. The lowest BCUT2D eigenvalue weighted by Crippen LogP contribution is -2.52. The Morgan fingerprint density at radius 1 is 1.50 bits per heavy atom. The zero-order chi connectivity index (χ0) is 14.6. The molecule has 0 aromatic rings. The summed E-state index contributed by atoms with van der Waals surface area (Å²) >= 11 is 0. The zero-order valence-electron chi connectivity index (χ0n) is 11.4. The van der Waals surface area contributed by atoms with E-state index in [-0.39, 0.29) is 18.4 Å². The summed E-state index contributed by atoms with van der Waals surface area (Å²) in [6.07, 6.45) is 1.33. The third-order valence-electron chi connectivity index (χ3n) is 3.61. The van der Waals surface area contributed by atoms with Gasteiger partial charge in [-0.15, -0.1) is 0 Å². The molecule has 0 aromatic carbocycles. The lowest BCUT2D eigenvalue weighted by Gasteiger charge is -2.35. The number of piperidine rings is 1. The third-order valence-corrected chi connectivity index (χ3v) is 4.18. The molecule has 2 unspecified atom stereocenters. The summed E-state index contributed by atoms with van der Waals surface area (Å²) in [7, 11) is -3.67. The van der Waals surface area contributed by atoms with Crippen LogP contribution in [-0.2, 0) is 19.7 Å². The van der Waals surface area contributed by atoms with E-state index in [1.165, 1.54) is 0 Å². The second-order valence-corrected chi connectivity index (χ2v) is 6.63. The van der Waals surface area contributed by atoms with Crippen molar-refractivity contribution >= 4 is 16.1 Å². The van der Waals surface area contributed by atoms with Gasteiger partial charge in [0.1, 0.15) is 6.10 Å². The van der Waals surface area contributed by atoms with Gasteiger partial charge in [0.15, 0.2) is 0 Å². The fourth-order valence-corrected chi connectivity index (χ4v) is 3.06. The van der Waals surface area contributed by atoms with Gasteiger partial charge in [-0.1, -0.05) is 0 Å². The van der Waals surface area contributed by atoms with Crippen molar-refractivity contribution in [2.75, 3.05) is 39.3 Å². The van der Waals surface area contributed by atoms with Crippen LogP contribution >= 0.6 is 0 Å². The van der Waals surface area contributed by atoms with E-state index in [2.05, 4.69) is 10.0 Å². The number of rotatable bonds is 4. The van der Waals surface area contributed by atoms with Crippen molar-refractivity contribution in [2.24, 2.45) is 11.1 Å². The van der Waals surface area contributed by atoms with Gasteiger partial charge in [0.25, 0.3) is 16.1 Å². The fraction of sp³-hybridized carbons (Fsp3) is 0.909. The molecule has 0 bridgehead atoms. The van der Waals surface area contributed by atoms with Crippen molar-refractivity contribution in [3.05, 3.63) is 0 Å². The smallest absolute Gasteiger partial charge is 0.274 e. The fourth-order valence-electron chi connectivity index (χ4n) is 2.59. The van der Waals surface area contributed by atoms with Gasteiger partial charge >= 0.3 is 0 Å². The maximum atomic E-state index is 12.3. The van der Waals surface area contributed by atoms with Crippen molar-refractivity contribution in [1.29, 1.82) is 0 Å². The molecule has 1 amide bonds. The molecule has 20 heavy (non-hydrogen) atoms. The van der Waals surface area contributed by atoms with Crippen LogP contribution in [0.4, 0.5) is 0 Å². The minimum atomic E-state index is -3.67. The van der Waals surface area contributed by atoms with Crippen LogP contribution in [0.1, 0.15) is 12.8 Å². The molecule has 2 aliphatic heterocycles. The van der Waals surface area contributed by atoms with Crippen LogP contribution in [0.25, 0.3) is 0 Å². The molecule has 0 aliphatic carbocycles. The molecule has 0 saturated carbocycles. The van der Waals surface area contributed by atoms with E-state index in [0.717, 1.165) is 19.4 Å². The summed E-state index contributed by atoms with van der Waals surface area (Å²) in [5.41, 5.74) is 0. The van der Waals surface area contributed by atoms with Crippen LogP contribution in [0.15, 0.2) is 0 Å². The Hall–Kier alpha value is -0.740. The molecule has 0 aromatic heterocycles. The first-order valence-electron chi connectivity index (χ1n) is 6.84. The number of ether oxygens (including phenoxy) is 1. The lowest BCUT2D eigenvalue weighted by atomic mass is 9.98. The minimum absolute atomic E-state index is 0.0162. The average molecular weight is 306 g/mol. The molecule has 116 valence electrons. The zero-order valence-corrected chi connectivity index (χ0v) is 12.2. The number of nitrogens with one attached hydrogen (secondary N) is 2. The Kier molecular flexibility index (Phi) is 5.33. The van der Waals surface area contributed by atoms with Gasteiger partial charge in [0, 0.05) is 32.7 Å². The monoisotopic (exact) mass is 306 g/mol. The maximum absolute atomic E-state index is 12.3. The molecule has 2 aliphatic rings. The first kappa shape index (κ1) is 15.6. The summed E-state index contributed by atoms with van der Waals surface area (Å²) in [6, 6.07) is 0. The average Bonchev–Trinajstić information content (AvgIpc) is 2.45. The normalized spacial score (nSPS) is 28.4. The Balaban J connectivity index is 1.84. The number of likely N-dealkylation sites (tertiary alicyclic amines) is 1. The van der Waals surface area contributed by atoms with Crippen molar-refractivity contribution in [3.63, 3.8) is 0 Å². The first-order valence-corrected chi connectivity index (χ1v) is 8.39. The van der Waals surface area contributed by atoms with Gasteiger partial charge in [0.2, 0.25) is 0 Å². The highest BCUT2D eigenvalue weighted by Gasteiger charge is 2.30. The quantitative estimate of drug-likeness (QED) is 0.556. The summed E-state index contributed by atoms with van der Waals surface area (Å²) in [6.45, 7) is 3.36. The standard InChI is InChI=1S/C11H22N4O4S/c12-20(17,18)14-6-9-2-1-4-15(8-9)11(16)10-7-13-3-5-19-10/h9-10,13-14H,1-8H2,(H2,12,17,18). The number of hydrogen-bond donors (Lipinski definition) is 3. The maximum Gasteiger partial charge on any atom is 0.274 e. The Morgan fingerprint density at radius 2 is 2.30 bits per heavy atom. The molecule has 0 spiro atoms. The van der Waals surface area contributed by atoms with Crippen molar-refractivity contribution in [3.8, 4) is 0 Å². The van der Waals surface area contributed by atoms with Crippen LogP contribution in [0.3, 0.4) is 0 Å². The minimum Gasteiger partial charge on any atom is -0.366 e. The number of morpholine rings is 1. The van der Waals surface area contributed by atoms with Gasteiger partial charge in [-0.05, 0) is 18.8 Å². The van der Waals surface area contributed by atoms with E-state index >= 15 is 0 Å². The number of hydrogen-bond acceptors (Lipinski definition) is 5. The summed E-state index contributed by atoms with van der Waals surface area (Å²) < 4.78 is 29.5. The van der Waals surface area contributed by atoms with Crippen molar-refractivity contribution in [2.45, 2.75) is 18.9 Å². The third kappa shape index (κ3) is 4.67. The lowest BCUT2D eigenvalue weighted by molar-refractivity contribution is -0.147. The Labute approximate surface area is 119 Å². The highest BCUT2D eigenvalue weighted by Crippen LogP contribution is 2.17. The first-order chi connectivity index (χ1) is 9.46. The summed E-state index contributed by atoms with van der Waals surface area (Å²) in [5, 5.41) is 8.05. The molecule has 2 heterocycles. The van der Waals surface area contributed by atoms with Crippen LogP contribution in [0.5, 0.6) is 0 Å². The Morgan fingerprint density at radius 3 is 2.95 bits per heavy atom. The predicted molar refractivity (Wildman–Crippen MR) is 73.0 cm³/mol. The number of amides is 1. The van der Waals surface area contributed by atoms with Crippen LogP contribution < -0.4 is 15.2 Å². The van der Waals surface area contributed by atoms with E-state index < -0.39 is 16.3 Å². The number of nitrogens with zero attached hydrogens (tertiary/aromatic N) is 1. The van der Waals surface area contributed by atoms with Crippen molar-refractivity contribution < 1.29 is 17.9 Å². The van der Waals surface area contributed by atoms with E-state index in [0.29, 0.717) is 26.2 Å². The van der Waals surface area contributed by atoms with E-state index in [9.17, 15) is 13.2 Å². The molecule has 2 atom stereocenters. The highest BCUT2D eigenvalue weighted by molar-refractivity contribution is 7.87. The second-order valence-electron chi connectivity index (χ2n) is 5.25. The number of carbonyl (C=O) groups excluding carboxylic acids is 1. The molecule has 9 heteroatoms. The van der Waals surface area contributed by atoms with E-state index in [4.69, 9.17) is 9.88 Å². The molecule has 8 nitrogen and oxygen atoms in total. The topological polar surface area (TPSA) is 114 Å². The van der Waals surface area contributed by atoms with Crippen LogP contribution in [0, 0.1) is 5.92 Å². The van der Waals surface area contributed by atoms with Gasteiger partial charge in [-0.3, -0.25) is 4.79 Å². The SMILES string of the molecule is NS(=O)(=O)NCC1CCCN(C(=O)C2CNCCO2)C1. The number of carbonyl (C=O) groups is 1. The van der Waals surface area contributed by atoms with Gasteiger partial charge < -0.3 is 15.0 Å².